The molecule has 2 aromatic heterocycles. The molecule has 0 radical (unpaired) electrons. The largest absolute Gasteiger partial charge is 0.379 e. The number of nitrogens with zero attached hydrogens (tertiary/aromatic N) is 3. The maximum absolute atomic E-state index is 14.1. The van der Waals surface area contributed by atoms with Crippen LogP contribution in [0.5, 0.6) is 0 Å². The molecule has 1 saturated heterocycles. The highest BCUT2D eigenvalue weighted by Gasteiger charge is 2.23. The van der Waals surface area contributed by atoms with E-state index in [1.165, 1.54) is 28.7 Å². The lowest BCUT2D eigenvalue weighted by molar-refractivity contribution is 0.0376. The second-order valence-electron chi connectivity index (χ2n) is 6.45. The highest BCUT2D eigenvalue weighted by molar-refractivity contribution is 7.22. The topological polar surface area (TPSA) is 45.7 Å². The molecule has 1 aromatic carbocycles. The molecule has 4 rings (SSSR count). The van der Waals surface area contributed by atoms with Gasteiger partial charge in [0.15, 0.2) is 5.13 Å². The summed E-state index contributed by atoms with van der Waals surface area (Å²) in [4.78, 5) is 22.1. The summed E-state index contributed by atoms with van der Waals surface area (Å²) in [6, 6.07) is 8.29. The number of carbonyl (C=O) groups excluding carboxylic acids is 1. The summed E-state index contributed by atoms with van der Waals surface area (Å²) >= 11 is 8.58. The summed E-state index contributed by atoms with van der Waals surface area (Å²) in [5, 5.41) is 0.511. The van der Waals surface area contributed by atoms with E-state index in [1.54, 1.807) is 23.1 Å². The molecular formula is C19H20Cl2FN3O2S2. The van der Waals surface area contributed by atoms with Gasteiger partial charge in [-0.25, -0.2) is 9.37 Å². The van der Waals surface area contributed by atoms with Crippen molar-refractivity contribution < 1.29 is 13.9 Å². The van der Waals surface area contributed by atoms with Crippen molar-refractivity contribution in [3.8, 4) is 0 Å². The number of benzene rings is 1. The van der Waals surface area contributed by atoms with E-state index < -0.39 is 0 Å². The van der Waals surface area contributed by atoms with Gasteiger partial charge in [-0.3, -0.25) is 14.6 Å². The molecule has 0 bridgehead atoms. The normalized spacial score (nSPS) is 14.7. The Morgan fingerprint density at radius 2 is 2.03 bits per heavy atom. The number of hydrogen-bond donors (Lipinski definition) is 0. The van der Waals surface area contributed by atoms with Crippen LogP contribution in [-0.4, -0.2) is 55.2 Å². The predicted octanol–water partition coefficient (Wildman–Crippen LogP) is 4.94. The average Bonchev–Trinajstić information content (AvgIpc) is 3.33. The lowest BCUT2D eigenvalue weighted by Crippen LogP contribution is -2.39. The van der Waals surface area contributed by atoms with Crippen molar-refractivity contribution in [1.82, 2.24) is 9.88 Å². The van der Waals surface area contributed by atoms with Gasteiger partial charge < -0.3 is 4.74 Å². The minimum absolute atomic E-state index is 0. The zero-order valence-electron chi connectivity index (χ0n) is 15.5. The molecule has 5 nitrogen and oxygen atoms in total. The van der Waals surface area contributed by atoms with Crippen molar-refractivity contribution in [3.05, 3.63) is 45.4 Å². The second kappa shape index (κ2) is 10.1. The maximum atomic E-state index is 14.1. The van der Waals surface area contributed by atoms with E-state index in [0.717, 1.165) is 44.0 Å². The van der Waals surface area contributed by atoms with Crippen molar-refractivity contribution >= 4 is 67.9 Å². The van der Waals surface area contributed by atoms with Gasteiger partial charge in [-0.15, -0.1) is 23.7 Å². The number of para-hydroxylation sites is 1. The molecule has 0 atom stereocenters. The van der Waals surface area contributed by atoms with Crippen LogP contribution in [0.15, 0.2) is 30.3 Å². The number of morpholine rings is 1. The maximum Gasteiger partial charge on any atom is 0.270 e. The van der Waals surface area contributed by atoms with Gasteiger partial charge in [0, 0.05) is 26.2 Å². The molecule has 29 heavy (non-hydrogen) atoms. The van der Waals surface area contributed by atoms with E-state index in [4.69, 9.17) is 16.3 Å². The van der Waals surface area contributed by atoms with Crippen molar-refractivity contribution in [2.75, 3.05) is 44.3 Å². The summed E-state index contributed by atoms with van der Waals surface area (Å²) in [6.07, 6.45) is 0.795. The first-order valence-corrected chi connectivity index (χ1v) is 11.1. The summed E-state index contributed by atoms with van der Waals surface area (Å²) in [5.41, 5.74) is 0.303. The van der Waals surface area contributed by atoms with Crippen LogP contribution in [0.4, 0.5) is 9.52 Å². The Labute approximate surface area is 187 Å². The third kappa shape index (κ3) is 5.25. The van der Waals surface area contributed by atoms with Crippen LogP contribution >= 0.6 is 46.7 Å². The number of amides is 1. The van der Waals surface area contributed by atoms with Gasteiger partial charge in [0.2, 0.25) is 0 Å². The minimum atomic E-state index is -0.375. The van der Waals surface area contributed by atoms with Gasteiger partial charge in [-0.05, 0) is 30.7 Å². The lowest BCUT2D eigenvalue weighted by Gasteiger charge is -2.27. The monoisotopic (exact) mass is 475 g/mol. The van der Waals surface area contributed by atoms with Crippen LogP contribution in [0.25, 0.3) is 10.2 Å². The fourth-order valence-corrected chi connectivity index (χ4v) is 5.14. The Morgan fingerprint density at radius 3 is 2.72 bits per heavy atom. The van der Waals surface area contributed by atoms with Gasteiger partial charge in [0.05, 0.1) is 27.1 Å². The van der Waals surface area contributed by atoms with E-state index in [9.17, 15) is 9.18 Å². The number of carbonyl (C=O) groups is 1. The molecule has 156 valence electrons. The molecule has 0 aliphatic carbocycles. The number of rotatable bonds is 6. The standard InChI is InChI=1S/C19H19ClFN3O2S2.ClH/c20-16-6-5-15(27-16)18(25)24(8-2-7-23-9-11-26-12-10-23)19-22-17-13(21)3-1-4-14(17)28-19;/h1,3-6H,2,7-12H2;1H. The van der Waals surface area contributed by atoms with E-state index >= 15 is 0 Å². The molecule has 3 aromatic rings. The number of anilines is 1. The molecule has 1 amide bonds. The molecule has 0 unspecified atom stereocenters. The smallest absolute Gasteiger partial charge is 0.270 e. The first kappa shape index (κ1) is 22.4. The number of ether oxygens (including phenoxy) is 1. The third-order valence-corrected chi connectivity index (χ3v) is 6.84. The first-order valence-electron chi connectivity index (χ1n) is 9.04. The Morgan fingerprint density at radius 1 is 1.24 bits per heavy atom. The number of hydrogen-bond acceptors (Lipinski definition) is 6. The number of thiophene rings is 1. The number of thiazole rings is 1. The molecular weight excluding hydrogens is 456 g/mol. The summed E-state index contributed by atoms with van der Waals surface area (Å²) in [7, 11) is 0. The highest BCUT2D eigenvalue weighted by Crippen LogP contribution is 2.32. The minimum Gasteiger partial charge on any atom is -0.379 e. The summed E-state index contributed by atoms with van der Waals surface area (Å²) < 4.78 is 20.8. The predicted molar refractivity (Wildman–Crippen MR) is 120 cm³/mol. The molecule has 1 aliphatic heterocycles. The van der Waals surface area contributed by atoms with E-state index in [0.29, 0.717) is 26.4 Å². The average molecular weight is 476 g/mol. The van der Waals surface area contributed by atoms with E-state index in [-0.39, 0.29) is 24.1 Å². The second-order valence-corrected chi connectivity index (χ2v) is 9.18. The number of aromatic nitrogens is 1. The van der Waals surface area contributed by atoms with Gasteiger partial charge >= 0.3 is 0 Å². The van der Waals surface area contributed by atoms with Crippen LogP contribution in [-0.2, 0) is 4.74 Å². The highest BCUT2D eigenvalue weighted by atomic mass is 35.5. The number of halogens is 3. The third-order valence-electron chi connectivity index (χ3n) is 4.58. The van der Waals surface area contributed by atoms with Gasteiger partial charge in [0.25, 0.3) is 5.91 Å². The van der Waals surface area contributed by atoms with Crippen molar-refractivity contribution in [3.63, 3.8) is 0 Å². The molecule has 0 spiro atoms. The Balaban J connectivity index is 0.00000240. The summed E-state index contributed by atoms with van der Waals surface area (Å²) in [6.45, 7) is 4.67. The fourth-order valence-electron chi connectivity index (χ4n) is 3.14. The number of fused-ring (bicyclic) bond motifs is 1. The zero-order chi connectivity index (χ0) is 19.5. The van der Waals surface area contributed by atoms with Crippen LogP contribution in [0.3, 0.4) is 0 Å². The molecule has 3 heterocycles. The Bertz CT molecular complexity index is 975. The Hall–Kier alpha value is -1.29. The SMILES string of the molecule is Cl.O=C(c1ccc(Cl)s1)N(CCCN1CCOCC1)c1nc2c(F)cccc2s1. The molecule has 1 aliphatic rings. The van der Waals surface area contributed by atoms with Crippen molar-refractivity contribution in [2.45, 2.75) is 6.42 Å². The quantitative estimate of drug-likeness (QED) is 0.506. The van der Waals surface area contributed by atoms with E-state index in [2.05, 4.69) is 9.88 Å². The molecule has 1 fully saturated rings. The van der Waals surface area contributed by atoms with Crippen LogP contribution in [0, 0.1) is 5.82 Å². The van der Waals surface area contributed by atoms with E-state index in [1.807, 2.05) is 6.07 Å². The molecule has 10 heteroatoms. The van der Waals surface area contributed by atoms with Gasteiger partial charge in [-0.2, -0.15) is 0 Å². The van der Waals surface area contributed by atoms with Crippen LogP contribution < -0.4 is 4.90 Å². The van der Waals surface area contributed by atoms with Crippen molar-refractivity contribution in [2.24, 2.45) is 0 Å². The summed E-state index contributed by atoms with van der Waals surface area (Å²) in [5.74, 6) is -0.529. The van der Waals surface area contributed by atoms with Gasteiger partial charge in [-0.1, -0.05) is 29.0 Å². The zero-order valence-corrected chi connectivity index (χ0v) is 18.7. The molecule has 0 saturated carbocycles. The first-order chi connectivity index (χ1) is 13.6. The molecule has 0 N–H and O–H groups in total. The van der Waals surface area contributed by atoms with Crippen LogP contribution in [0.2, 0.25) is 4.34 Å². The Kier molecular flexibility index (Phi) is 7.84. The lowest BCUT2D eigenvalue weighted by atomic mass is 10.3. The fraction of sp³-hybridized carbons (Fsp3) is 0.368. The van der Waals surface area contributed by atoms with Crippen LogP contribution in [0.1, 0.15) is 16.1 Å². The van der Waals surface area contributed by atoms with Gasteiger partial charge in [0.1, 0.15) is 11.3 Å². The van der Waals surface area contributed by atoms with Crippen molar-refractivity contribution in [1.29, 1.82) is 0 Å².